The molecule has 0 unspecified atom stereocenters. The Balaban J connectivity index is 1.53. The van der Waals surface area contributed by atoms with Gasteiger partial charge in [0, 0.05) is 32.4 Å². The number of anilines is 1. The van der Waals surface area contributed by atoms with E-state index >= 15 is 0 Å². The molecule has 0 aliphatic carbocycles. The highest BCUT2D eigenvalue weighted by Gasteiger charge is 2.23. The summed E-state index contributed by atoms with van der Waals surface area (Å²) in [4.78, 5) is 21.1. The van der Waals surface area contributed by atoms with E-state index in [0.717, 1.165) is 25.3 Å². The van der Waals surface area contributed by atoms with Crippen molar-refractivity contribution in [2.24, 2.45) is 0 Å². The lowest BCUT2D eigenvalue weighted by Crippen LogP contribution is -2.40. The van der Waals surface area contributed by atoms with Gasteiger partial charge in [-0.1, -0.05) is 17.7 Å². The number of hydrogen-bond donors (Lipinski definition) is 0. The van der Waals surface area contributed by atoms with E-state index in [1.807, 2.05) is 6.07 Å². The zero-order valence-electron chi connectivity index (χ0n) is 15.3. The Labute approximate surface area is 163 Å². The number of benzene rings is 1. The van der Waals surface area contributed by atoms with Crippen LogP contribution in [0, 0.1) is 0 Å². The van der Waals surface area contributed by atoms with Crippen LogP contribution in [0.2, 0.25) is 5.02 Å². The van der Waals surface area contributed by atoms with Crippen LogP contribution in [-0.2, 0) is 17.7 Å². The number of morpholine rings is 1. The van der Waals surface area contributed by atoms with Crippen molar-refractivity contribution in [3.63, 3.8) is 0 Å². The summed E-state index contributed by atoms with van der Waals surface area (Å²) in [6, 6.07) is 7.89. The molecule has 142 valence electrons. The minimum absolute atomic E-state index is 0.0482. The maximum Gasteiger partial charge on any atom is 0.255 e. The Morgan fingerprint density at radius 3 is 2.74 bits per heavy atom. The molecule has 2 aliphatic rings. The van der Waals surface area contributed by atoms with Crippen molar-refractivity contribution in [3.05, 3.63) is 52.2 Å². The molecule has 1 fully saturated rings. The van der Waals surface area contributed by atoms with E-state index in [-0.39, 0.29) is 5.91 Å². The van der Waals surface area contributed by atoms with E-state index < -0.39 is 0 Å². The number of hydrogen-bond acceptors (Lipinski definition) is 5. The van der Waals surface area contributed by atoms with Crippen molar-refractivity contribution in [2.75, 3.05) is 44.9 Å². The number of aromatic nitrogens is 1. The lowest BCUT2D eigenvalue weighted by molar-refractivity contribution is 0.0302. The van der Waals surface area contributed by atoms with Crippen LogP contribution in [0.15, 0.2) is 30.5 Å². The van der Waals surface area contributed by atoms with Crippen molar-refractivity contribution < 1.29 is 14.3 Å². The predicted octanol–water partition coefficient (Wildman–Crippen LogP) is 2.78. The van der Waals surface area contributed by atoms with Gasteiger partial charge in [0.25, 0.3) is 5.91 Å². The first-order chi connectivity index (χ1) is 13.2. The zero-order chi connectivity index (χ0) is 18.8. The van der Waals surface area contributed by atoms with E-state index in [1.165, 1.54) is 11.1 Å². The van der Waals surface area contributed by atoms with Crippen LogP contribution in [0.25, 0.3) is 0 Å². The number of carbonyl (C=O) groups is 1. The van der Waals surface area contributed by atoms with E-state index in [1.54, 1.807) is 24.3 Å². The number of methoxy groups -OCH3 is 1. The van der Waals surface area contributed by atoms with E-state index in [4.69, 9.17) is 21.1 Å². The van der Waals surface area contributed by atoms with Crippen LogP contribution in [0.3, 0.4) is 0 Å². The third kappa shape index (κ3) is 3.73. The summed E-state index contributed by atoms with van der Waals surface area (Å²) in [7, 11) is 1.67. The average molecular weight is 388 g/mol. The number of amides is 1. The van der Waals surface area contributed by atoms with Crippen LogP contribution in [0.5, 0.6) is 5.75 Å². The number of pyridine rings is 1. The Kier molecular flexibility index (Phi) is 5.18. The van der Waals surface area contributed by atoms with Gasteiger partial charge in [-0.25, -0.2) is 4.98 Å². The molecule has 0 saturated carbocycles. The fourth-order valence-corrected chi connectivity index (χ4v) is 3.86. The number of carbonyl (C=O) groups excluding carboxylic acids is 1. The normalized spacial score (nSPS) is 16.8. The molecule has 0 bridgehead atoms. The molecule has 2 aliphatic heterocycles. The second-order valence-corrected chi connectivity index (χ2v) is 7.15. The fourth-order valence-electron chi connectivity index (χ4n) is 3.57. The molecule has 1 aromatic carbocycles. The molecule has 4 rings (SSSR count). The number of rotatable bonds is 3. The SMILES string of the molecule is COc1ccc2c(c1)CN(c1ncc(C(=O)N3CCOCC3)cc1Cl)CC2. The van der Waals surface area contributed by atoms with Gasteiger partial charge in [-0.3, -0.25) is 4.79 Å². The third-order valence-electron chi connectivity index (χ3n) is 5.09. The van der Waals surface area contributed by atoms with Gasteiger partial charge in [0.05, 0.1) is 30.9 Å². The van der Waals surface area contributed by atoms with Crippen LogP contribution in [0.4, 0.5) is 5.82 Å². The average Bonchev–Trinajstić information content (AvgIpc) is 2.73. The van der Waals surface area contributed by atoms with Gasteiger partial charge in [0.2, 0.25) is 0 Å². The van der Waals surface area contributed by atoms with Gasteiger partial charge in [-0.05, 0) is 35.7 Å². The molecule has 0 N–H and O–H groups in total. The molecule has 1 saturated heterocycles. The first kappa shape index (κ1) is 18.1. The Morgan fingerprint density at radius 2 is 2.00 bits per heavy atom. The molecule has 1 aromatic heterocycles. The van der Waals surface area contributed by atoms with Crippen molar-refractivity contribution in [3.8, 4) is 5.75 Å². The van der Waals surface area contributed by atoms with Crippen molar-refractivity contribution in [1.29, 1.82) is 0 Å². The van der Waals surface area contributed by atoms with Gasteiger partial charge < -0.3 is 19.3 Å². The summed E-state index contributed by atoms with van der Waals surface area (Å²) in [5.74, 6) is 1.51. The molecule has 0 atom stereocenters. The molecule has 27 heavy (non-hydrogen) atoms. The third-order valence-corrected chi connectivity index (χ3v) is 5.37. The summed E-state index contributed by atoms with van der Waals surface area (Å²) in [6.07, 6.45) is 2.55. The summed E-state index contributed by atoms with van der Waals surface area (Å²) in [5, 5.41) is 0.500. The standard InChI is InChI=1S/C20H22ClN3O3/c1-26-17-3-2-14-4-5-24(13-16(14)10-17)19-18(21)11-15(12-22-19)20(25)23-6-8-27-9-7-23/h2-3,10-12H,4-9,13H2,1H3. The number of nitrogens with zero attached hydrogens (tertiary/aromatic N) is 3. The summed E-state index contributed by atoms with van der Waals surface area (Å²) >= 11 is 6.51. The predicted molar refractivity (Wildman–Crippen MR) is 104 cm³/mol. The minimum atomic E-state index is -0.0482. The molecule has 0 spiro atoms. The highest BCUT2D eigenvalue weighted by Crippen LogP contribution is 2.31. The van der Waals surface area contributed by atoms with Gasteiger partial charge in [0.1, 0.15) is 11.6 Å². The molecular weight excluding hydrogens is 366 g/mol. The number of ether oxygens (including phenoxy) is 2. The first-order valence-electron chi connectivity index (χ1n) is 9.09. The van der Waals surface area contributed by atoms with Gasteiger partial charge in [-0.15, -0.1) is 0 Å². The summed E-state index contributed by atoms with van der Waals surface area (Å²) in [6.45, 7) is 3.90. The zero-order valence-corrected chi connectivity index (χ0v) is 16.0. The molecule has 1 amide bonds. The second-order valence-electron chi connectivity index (χ2n) is 6.74. The summed E-state index contributed by atoms with van der Waals surface area (Å²) in [5.41, 5.74) is 3.05. The van der Waals surface area contributed by atoms with Crippen LogP contribution >= 0.6 is 11.6 Å². The Bertz CT molecular complexity index is 852. The molecule has 3 heterocycles. The van der Waals surface area contributed by atoms with Gasteiger partial charge in [0.15, 0.2) is 0 Å². The highest BCUT2D eigenvalue weighted by molar-refractivity contribution is 6.33. The quantitative estimate of drug-likeness (QED) is 0.810. The van der Waals surface area contributed by atoms with Crippen molar-refractivity contribution >= 4 is 23.3 Å². The summed E-state index contributed by atoms with van der Waals surface area (Å²) < 4.78 is 10.6. The van der Waals surface area contributed by atoms with E-state index in [0.29, 0.717) is 42.7 Å². The van der Waals surface area contributed by atoms with Gasteiger partial charge >= 0.3 is 0 Å². The topological polar surface area (TPSA) is 54.9 Å². The van der Waals surface area contributed by atoms with Crippen LogP contribution in [-0.4, -0.2) is 55.7 Å². The van der Waals surface area contributed by atoms with Gasteiger partial charge in [-0.2, -0.15) is 0 Å². The van der Waals surface area contributed by atoms with Crippen LogP contribution < -0.4 is 9.64 Å². The van der Waals surface area contributed by atoms with E-state index in [2.05, 4.69) is 22.0 Å². The monoisotopic (exact) mass is 387 g/mol. The largest absolute Gasteiger partial charge is 0.497 e. The lowest BCUT2D eigenvalue weighted by Gasteiger charge is -2.31. The molecule has 6 nitrogen and oxygen atoms in total. The molecular formula is C20H22ClN3O3. The lowest BCUT2D eigenvalue weighted by atomic mass is 9.99. The maximum absolute atomic E-state index is 12.6. The first-order valence-corrected chi connectivity index (χ1v) is 9.47. The highest BCUT2D eigenvalue weighted by atomic mass is 35.5. The maximum atomic E-state index is 12.6. The fraction of sp³-hybridized carbons (Fsp3) is 0.400. The molecule has 2 aromatic rings. The molecule has 7 heteroatoms. The Hall–Kier alpha value is -2.31. The van der Waals surface area contributed by atoms with Crippen LogP contribution in [0.1, 0.15) is 21.5 Å². The molecule has 0 radical (unpaired) electrons. The minimum Gasteiger partial charge on any atom is -0.497 e. The second kappa shape index (κ2) is 7.74. The van der Waals surface area contributed by atoms with E-state index in [9.17, 15) is 4.79 Å². The van der Waals surface area contributed by atoms with Crippen molar-refractivity contribution in [1.82, 2.24) is 9.88 Å². The smallest absolute Gasteiger partial charge is 0.255 e. The van der Waals surface area contributed by atoms with Crippen molar-refractivity contribution in [2.45, 2.75) is 13.0 Å². The number of halogens is 1. The Morgan fingerprint density at radius 1 is 1.19 bits per heavy atom. The number of fused-ring (bicyclic) bond motifs is 1.